The Hall–Kier alpha value is -6.94. The van der Waals surface area contributed by atoms with E-state index in [1.54, 1.807) is 0 Å². The molecule has 11 aromatic rings. The van der Waals surface area contributed by atoms with Gasteiger partial charge in [0, 0.05) is 42.2 Å². The average Bonchev–Trinajstić information content (AvgIpc) is 3.65. The van der Waals surface area contributed by atoms with Gasteiger partial charge in [0.15, 0.2) is 5.82 Å². The van der Waals surface area contributed by atoms with Crippen LogP contribution >= 0.6 is 11.3 Å². The molecule has 256 valence electrons. The molecule has 9 aromatic carbocycles. The molecule has 0 saturated heterocycles. The summed E-state index contributed by atoms with van der Waals surface area (Å²) in [6.07, 6.45) is 0. The van der Waals surface area contributed by atoms with Crippen LogP contribution in [0.25, 0.3) is 109 Å². The average molecular weight is 717 g/mol. The van der Waals surface area contributed by atoms with Crippen LogP contribution in [0.3, 0.4) is 0 Å². The summed E-state index contributed by atoms with van der Waals surface area (Å²) in [4.78, 5) is 10.7. The molecule has 2 aromatic heterocycles. The van der Waals surface area contributed by atoms with E-state index in [-0.39, 0.29) is 0 Å². The van der Waals surface area contributed by atoms with Crippen molar-refractivity contribution in [2.45, 2.75) is 0 Å². The first-order valence-corrected chi connectivity index (χ1v) is 19.5. The molecule has 0 atom stereocenters. The molecule has 0 fully saturated rings. The number of fused-ring (bicyclic) bond motifs is 7. The van der Waals surface area contributed by atoms with E-state index in [1.807, 2.05) is 17.4 Å². The highest BCUT2D eigenvalue weighted by Crippen LogP contribution is 2.47. The topological polar surface area (TPSA) is 25.8 Å². The number of rotatable bonds is 5. The van der Waals surface area contributed by atoms with E-state index in [0.29, 0.717) is 5.82 Å². The Kier molecular flexibility index (Phi) is 7.39. The minimum absolute atomic E-state index is 0.705. The van der Waals surface area contributed by atoms with E-state index in [2.05, 4.69) is 188 Å². The molecular weight excluding hydrogens is 685 g/mol. The highest BCUT2D eigenvalue weighted by atomic mass is 32.1. The van der Waals surface area contributed by atoms with E-state index in [1.165, 1.54) is 74.7 Å². The van der Waals surface area contributed by atoms with Crippen LogP contribution in [0.4, 0.5) is 0 Å². The molecule has 0 bridgehead atoms. The Bertz CT molecular complexity index is 3240. The molecule has 0 aliphatic rings. The highest BCUT2D eigenvalue weighted by Gasteiger charge is 2.21. The summed E-state index contributed by atoms with van der Waals surface area (Å²) in [5.41, 5.74) is 9.82. The molecule has 0 aliphatic carbocycles. The van der Waals surface area contributed by atoms with Crippen molar-refractivity contribution >= 4 is 63.8 Å². The zero-order chi connectivity index (χ0) is 36.3. The van der Waals surface area contributed by atoms with Crippen LogP contribution in [0.1, 0.15) is 0 Å². The molecule has 2 nitrogen and oxygen atoms in total. The first kappa shape index (κ1) is 31.6. The van der Waals surface area contributed by atoms with Crippen molar-refractivity contribution in [3.05, 3.63) is 194 Å². The fourth-order valence-corrected chi connectivity index (χ4v) is 9.54. The first-order valence-electron chi connectivity index (χ1n) is 18.7. The van der Waals surface area contributed by atoms with E-state index < -0.39 is 0 Å². The van der Waals surface area contributed by atoms with Crippen LogP contribution in [0.2, 0.25) is 0 Å². The highest BCUT2D eigenvalue weighted by molar-refractivity contribution is 7.25. The fourth-order valence-electron chi connectivity index (χ4n) is 8.41. The fraction of sp³-hybridized carbons (Fsp3) is 0. The molecule has 0 N–H and O–H groups in total. The lowest BCUT2D eigenvalue weighted by molar-refractivity contribution is 1.19. The molecule has 11 rings (SSSR count). The maximum Gasteiger partial charge on any atom is 0.160 e. The Morgan fingerprint density at radius 3 is 1.71 bits per heavy atom. The maximum atomic E-state index is 5.42. The normalized spacial score (nSPS) is 11.6. The van der Waals surface area contributed by atoms with E-state index in [0.717, 1.165) is 28.1 Å². The van der Waals surface area contributed by atoms with Crippen molar-refractivity contribution in [1.82, 2.24) is 9.97 Å². The standard InChI is InChI=1S/C52H32N2S/c1-3-15-36(16-4-1)48-40-20-9-10-21-41(40)51(50-39-19-8-7-14-33(39)30-31-43(48)50)45-32-44(53-52(54-45)37-17-5-2-6-18-37)35-28-26-34(27-29-35)38-23-13-25-47-49(38)42-22-11-12-24-46(42)55-47/h1-32H. The van der Waals surface area contributed by atoms with Gasteiger partial charge in [0.1, 0.15) is 0 Å². The molecule has 3 heteroatoms. The van der Waals surface area contributed by atoms with Crippen LogP contribution in [0.15, 0.2) is 194 Å². The van der Waals surface area contributed by atoms with Crippen molar-refractivity contribution in [3.63, 3.8) is 0 Å². The van der Waals surface area contributed by atoms with Gasteiger partial charge in [-0.05, 0) is 67.4 Å². The van der Waals surface area contributed by atoms with Crippen molar-refractivity contribution < 1.29 is 0 Å². The lowest BCUT2D eigenvalue weighted by Crippen LogP contribution is -1.98. The Morgan fingerprint density at radius 2 is 0.927 bits per heavy atom. The van der Waals surface area contributed by atoms with E-state index in [4.69, 9.17) is 9.97 Å². The third-order valence-electron chi connectivity index (χ3n) is 10.9. The second kappa shape index (κ2) is 12.9. The van der Waals surface area contributed by atoms with Gasteiger partial charge in [0.05, 0.1) is 11.4 Å². The smallest absolute Gasteiger partial charge is 0.160 e. The molecule has 0 spiro atoms. The van der Waals surface area contributed by atoms with Gasteiger partial charge in [0.2, 0.25) is 0 Å². The lowest BCUT2D eigenvalue weighted by Gasteiger charge is -2.19. The van der Waals surface area contributed by atoms with Crippen molar-refractivity contribution in [2.24, 2.45) is 0 Å². The SMILES string of the molecule is c1ccc(-c2nc(-c3ccc(-c4cccc5sc6ccccc6c45)cc3)cc(-c3c4ccccc4c(-c4ccccc4)c4ccc5ccccc5c34)n2)cc1. The zero-order valence-corrected chi connectivity index (χ0v) is 30.6. The molecule has 0 unspecified atom stereocenters. The minimum Gasteiger partial charge on any atom is -0.228 e. The summed E-state index contributed by atoms with van der Waals surface area (Å²) in [5, 5.41) is 9.81. The molecule has 2 heterocycles. The number of thiophene rings is 1. The number of nitrogens with zero attached hydrogens (tertiary/aromatic N) is 2. The van der Waals surface area contributed by atoms with Crippen molar-refractivity contribution in [3.8, 4) is 56.2 Å². The van der Waals surface area contributed by atoms with Crippen LogP contribution in [-0.4, -0.2) is 9.97 Å². The van der Waals surface area contributed by atoms with Gasteiger partial charge < -0.3 is 0 Å². The summed E-state index contributed by atoms with van der Waals surface area (Å²) < 4.78 is 2.62. The van der Waals surface area contributed by atoms with E-state index in [9.17, 15) is 0 Å². The molecule has 0 saturated carbocycles. The second-order valence-electron chi connectivity index (χ2n) is 14.1. The first-order chi connectivity index (χ1) is 27.3. The molecule has 0 radical (unpaired) electrons. The summed E-state index contributed by atoms with van der Waals surface area (Å²) in [5.74, 6) is 0.705. The summed E-state index contributed by atoms with van der Waals surface area (Å²) in [7, 11) is 0. The summed E-state index contributed by atoms with van der Waals surface area (Å²) in [6.45, 7) is 0. The Balaban J connectivity index is 1.17. The number of benzene rings is 9. The molecule has 0 aliphatic heterocycles. The van der Waals surface area contributed by atoms with E-state index >= 15 is 0 Å². The quantitative estimate of drug-likeness (QED) is 0.131. The number of hydrogen-bond acceptors (Lipinski definition) is 3. The van der Waals surface area contributed by atoms with Gasteiger partial charge in [-0.25, -0.2) is 9.97 Å². The molecular formula is C52H32N2S. The Labute approximate surface area is 322 Å². The van der Waals surface area contributed by atoms with Crippen LogP contribution in [0.5, 0.6) is 0 Å². The van der Waals surface area contributed by atoms with Gasteiger partial charge in [0.25, 0.3) is 0 Å². The van der Waals surface area contributed by atoms with Crippen molar-refractivity contribution in [2.75, 3.05) is 0 Å². The van der Waals surface area contributed by atoms with Gasteiger partial charge in [-0.3, -0.25) is 0 Å². The third kappa shape index (κ3) is 5.24. The van der Waals surface area contributed by atoms with Gasteiger partial charge in [-0.2, -0.15) is 0 Å². The third-order valence-corrected chi connectivity index (χ3v) is 12.0. The largest absolute Gasteiger partial charge is 0.228 e. The van der Waals surface area contributed by atoms with Crippen LogP contribution in [0, 0.1) is 0 Å². The maximum absolute atomic E-state index is 5.42. The molecule has 0 amide bonds. The predicted octanol–water partition coefficient (Wildman–Crippen LogP) is 14.6. The van der Waals surface area contributed by atoms with Gasteiger partial charge >= 0.3 is 0 Å². The molecule has 55 heavy (non-hydrogen) atoms. The van der Waals surface area contributed by atoms with Crippen LogP contribution in [-0.2, 0) is 0 Å². The van der Waals surface area contributed by atoms with Crippen LogP contribution < -0.4 is 0 Å². The van der Waals surface area contributed by atoms with Gasteiger partial charge in [-0.15, -0.1) is 11.3 Å². The minimum atomic E-state index is 0.705. The zero-order valence-electron chi connectivity index (χ0n) is 29.8. The lowest BCUT2D eigenvalue weighted by atomic mass is 9.85. The summed E-state index contributed by atoms with van der Waals surface area (Å²) in [6, 6.07) is 69.7. The van der Waals surface area contributed by atoms with Gasteiger partial charge in [-0.1, -0.05) is 176 Å². The monoisotopic (exact) mass is 716 g/mol. The summed E-state index contributed by atoms with van der Waals surface area (Å²) >= 11 is 1.85. The predicted molar refractivity (Wildman–Crippen MR) is 235 cm³/mol. The Morgan fingerprint density at radius 1 is 0.327 bits per heavy atom. The van der Waals surface area contributed by atoms with Crippen molar-refractivity contribution in [1.29, 1.82) is 0 Å². The number of aromatic nitrogens is 2. The number of hydrogen-bond donors (Lipinski definition) is 0. The second-order valence-corrected chi connectivity index (χ2v) is 15.1.